The second kappa shape index (κ2) is 5.41. The molecule has 0 aromatic rings. The zero-order chi connectivity index (χ0) is 14.2. The molecule has 0 aliphatic carbocycles. The summed E-state index contributed by atoms with van der Waals surface area (Å²) in [6.45, 7) is 2.85. The van der Waals surface area contributed by atoms with Gasteiger partial charge in [-0.3, -0.25) is 4.79 Å². The number of fused-ring (bicyclic) bond motifs is 2. The molecule has 2 saturated heterocycles. The first kappa shape index (κ1) is 14.2. The smallest absolute Gasteiger partial charge is 0.332 e. The number of rotatable bonds is 4. The summed E-state index contributed by atoms with van der Waals surface area (Å²) in [5.74, 6) is -1.49. The lowest BCUT2D eigenvalue weighted by molar-refractivity contribution is -0.213. The minimum absolute atomic E-state index is 0.184. The van der Waals surface area contributed by atoms with Crippen molar-refractivity contribution in [1.82, 2.24) is 5.32 Å². The van der Waals surface area contributed by atoms with Gasteiger partial charge in [0.25, 0.3) is 0 Å². The molecule has 19 heavy (non-hydrogen) atoms. The van der Waals surface area contributed by atoms with Crippen LogP contribution in [0.15, 0.2) is 0 Å². The number of hydrogen-bond donors (Lipinski definition) is 3. The third kappa shape index (κ3) is 2.86. The average molecular weight is 275 g/mol. The highest BCUT2D eigenvalue weighted by Gasteiger charge is 2.51. The van der Waals surface area contributed by atoms with Crippen LogP contribution in [0.4, 0.5) is 0 Å². The highest BCUT2D eigenvalue weighted by Crippen LogP contribution is 2.30. The van der Waals surface area contributed by atoms with Crippen LogP contribution in [-0.4, -0.2) is 65.4 Å². The van der Waals surface area contributed by atoms with Crippen molar-refractivity contribution in [2.24, 2.45) is 0 Å². The molecule has 3 N–H and O–H groups in total. The van der Waals surface area contributed by atoms with E-state index < -0.39 is 42.7 Å². The Bertz CT molecular complexity index is 374. The van der Waals surface area contributed by atoms with Crippen molar-refractivity contribution in [3.63, 3.8) is 0 Å². The highest BCUT2D eigenvalue weighted by atomic mass is 16.7. The van der Waals surface area contributed by atoms with Crippen LogP contribution in [0, 0.1) is 0 Å². The van der Waals surface area contributed by atoms with Gasteiger partial charge in [0.1, 0.15) is 24.4 Å². The molecule has 2 rings (SSSR count). The molecule has 108 valence electrons. The molecule has 8 nitrogen and oxygen atoms in total. The van der Waals surface area contributed by atoms with Gasteiger partial charge in [-0.1, -0.05) is 0 Å². The van der Waals surface area contributed by atoms with Crippen LogP contribution < -0.4 is 5.32 Å². The van der Waals surface area contributed by atoms with Crippen molar-refractivity contribution in [2.75, 3.05) is 6.61 Å². The summed E-state index contributed by atoms with van der Waals surface area (Å²) in [4.78, 5) is 22.0. The normalized spacial score (nSPS) is 38.8. The number of nitrogens with one attached hydrogen (secondary N) is 1. The van der Waals surface area contributed by atoms with E-state index in [1.807, 2.05) is 0 Å². The number of aliphatic carboxylic acids is 1. The minimum Gasteiger partial charge on any atom is -0.479 e. The fourth-order valence-corrected chi connectivity index (χ4v) is 2.23. The van der Waals surface area contributed by atoms with E-state index in [1.54, 1.807) is 0 Å². The van der Waals surface area contributed by atoms with Crippen LogP contribution in [-0.2, 0) is 23.8 Å². The average Bonchev–Trinajstić information content (AvgIpc) is 2.76. The summed E-state index contributed by atoms with van der Waals surface area (Å²) in [7, 11) is 0. The summed E-state index contributed by atoms with van der Waals surface area (Å²) in [6.07, 6.45) is -4.35. The van der Waals surface area contributed by atoms with E-state index in [-0.39, 0.29) is 12.5 Å². The molecule has 0 saturated carbocycles. The Hall–Kier alpha value is -1.22. The first-order valence-corrected chi connectivity index (χ1v) is 6.00. The Morgan fingerprint density at radius 1 is 1.47 bits per heavy atom. The molecule has 0 aromatic heterocycles. The maximum absolute atomic E-state index is 11.2. The van der Waals surface area contributed by atoms with Crippen LogP contribution in [0.5, 0.6) is 0 Å². The number of carboxylic acid groups (broad SMARTS) is 1. The van der Waals surface area contributed by atoms with Gasteiger partial charge in [0.15, 0.2) is 12.4 Å². The molecule has 2 fully saturated rings. The van der Waals surface area contributed by atoms with Crippen molar-refractivity contribution in [3.05, 3.63) is 0 Å². The van der Waals surface area contributed by atoms with Gasteiger partial charge in [-0.25, -0.2) is 4.79 Å². The highest BCUT2D eigenvalue weighted by molar-refractivity contribution is 5.73. The number of amides is 1. The zero-order valence-electron chi connectivity index (χ0n) is 10.6. The SMILES string of the molecule is CC(=O)N[C@@H]1C(OC(C)C(=O)O)[C@H](O)[C@H]2CO[C@@H]1O2. The van der Waals surface area contributed by atoms with Crippen molar-refractivity contribution < 1.29 is 34.0 Å². The number of hydrogen-bond acceptors (Lipinski definition) is 6. The second-order valence-corrected chi connectivity index (χ2v) is 4.67. The van der Waals surface area contributed by atoms with Crippen LogP contribution in [0.2, 0.25) is 0 Å². The molecule has 6 atom stereocenters. The van der Waals surface area contributed by atoms with E-state index in [2.05, 4.69) is 5.32 Å². The van der Waals surface area contributed by atoms with E-state index in [4.69, 9.17) is 19.3 Å². The predicted molar refractivity (Wildman–Crippen MR) is 60.2 cm³/mol. The minimum atomic E-state index is -1.14. The molecule has 2 bridgehead atoms. The van der Waals surface area contributed by atoms with Crippen LogP contribution in [0.1, 0.15) is 13.8 Å². The molecular weight excluding hydrogens is 258 g/mol. The van der Waals surface area contributed by atoms with Crippen molar-refractivity contribution in [1.29, 1.82) is 0 Å². The molecule has 8 heteroatoms. The summed E-state index contributed by atoms with van der Waals surface area (Å²) >= 11 is 0. The molecular formula is C11H17NO7. The number of carbonyl (C=O) groups is 2. The van der Waals surface area contributed by atoms with Crippen molar-refractivity contribution in [3.8, 4) is 0 Å². The van der Waals surface area contributed by atoms with E-state index in [1.165, 1.54) is 13.8 Å². The number of carbonyl (C=O) groups excluding carboxylic acids is 1. The number of carboxylic acids is 1. The standard InChI is InChI=1S/C11H17NO7/c1-4(10(15)16)18-9-7(12-5(2)13)11-17-3-6(19-11)8(9)14/h4,6-9,11,14H,3H2,1-2H3,(H,12,13)(H,15,16)/t4?,6-,7-,8-,9?,11-/m1/s1. The summed E-state index contributed by atoms with van der Waals surface area (Å²) in [5, 5.41) is 21.5. The summed E-state index contributed by atoms with van der Waals surface area (Å²) in [5.41, 5.74) is 0. The van der Waals surface area contributed by atoms with Crippen LogP contribution in [0.25, 0.3) is 0 Å². The van der Waals surface area contributed by atoms with Gasteiger partial charge in [0, 0.05) is 6.92 Å². The Morgan fingerprint density at radius 2 is 2.16 bits per heavy atom. The molecule has 1 amide bonds. The van der Waals surface area contributed by atoms with Gasteiger partial charge in [-0.2, -0.15) is 0 Å². The third-order valence-corrected chi connectivity index (χ3v) is 3.18. The fourth-order valence-electron chi connectivity index (χ4n) is 2.23. The Kier molecular flexibility index (Phi) is 4.04. The van der Waals surface area contributed by atoms with E-state index in [0.717, 1.165) is 0 Å². The quantitative estimate of drug-likeness (QED) is 0.570. The molecule has 0 aromatic carbocycles. The van der Waals surface area contributed by atoms with Crippen LogP contribution in [0.3, 0.4) is 0 Å². The summed E-state index contributed by atoms with van der Waals surface area (Å²) in [6, 6.07) is -0.743. The summed E-state index contributed by atoms with van der Waals surface area (Å²) < 4.78 is 16.0. The van der Waals surface area contributed by atoms with Crippen molar-refractivity contribution in [2.45, 2.75) is 50.6 Å². The lowest BCUT2D eigenvalue weighted by Crippen LogP contribution is -2.62. The topological polar surface area (TPSA) is 114 Å². The number of aliphatic hydroxyl groups excluding tert-OH is 1. The Balaban J connectivity index is 2.14. The molecule has 2 unspecified atom stereocenters. The van der Waals surface area contributed by atoms with Gasteiger partial charge in [0.05, 0.1) is 6.61 Å². The maximum Gasteiger partial charge on any atom is 0.332 e. The lowest BCUT2D eigenvalue weighted by Gasteiger charge is -2.39. The molecule has 2 aliphatic rings. The van der Waals surface area contributed by atoms with Gasteiger partial charge in [0.2, 0.25) is 5.91 Å². The zero-order valence-corrected chi connectivity index (χ0v) is 10.6. The molecule has 2 aliphatic heterocycles. The van der Waals surface area contributed by atoms with Gasteiger partial charge >= 0.3 is 5.97 Å². The third-order valence-electron chi connectivity index (χ3n) is 3.18. The second-order valence-electron chi connectivity index (χ2n) is 4.67. The van der Waals surface area contributed by atoms with Crippen LogP contribution >= 0.6 is 0 Å². The van der Waals surface area contributed by atoms with Gasteiger partial charge in [-0.05, 0) is 6.92 Å². The van der Waals surface area contributed by atoms with E-state index in [9.17, 15) is 14.7 Å². The van der Waals surface area contributed by atoms with E-state index in [0.29, 0.717) is 0 Å². The Labute approximate surface area is 109 Å². The molecule has 0 spiro atoms. The first-order valence-electron chi connectivity index (χ1n) is 6.00. The maximum atomic E-state index is 11.2. The van der Waals surface area contributed by atoms with E-state index >= 15 is 0 Å². The Morgan fingerprint density at radius 3 is 2.74 bits per heavy atom. The molecule has 0 radical (unpaired) electrons. The first-order chi connectivity index (χ1) is 8.90. The predicted octanol–water partition coefficient (Wildman–Crippen LogP) is -1.53. The fraction of sp³-hybridized carbons (Fsp3) is 0.818. The largest absolute Gasteiger partial charge is 0.479 e. The lowest BCUT2D eigenvalue weighted by atomic mass is 9.98. The van der Waals surface area contributed by atoms with Gasteiger partial charge < -0.3 is 29.7 Å². The number of aliphatic hydroxyl groups is 1. The molecule has 2 heterocycles. The van der Waals surface area contributed by atoms with Gasteiger partial charge in [-0.15, -0.1) is 0 Å². The van der Waals surface area contributed by atoms with Crippen molar-refractivity contribution >= 4 is 11.9 Å². The number of ether oxygens (including phenoxy) is 3. The monoisotopic (exact) mass is 275 g/mol.